The van der Waals surface area contributed by atoms with E-state index in [0.29, 0.717) is 12.2 Å². The van der Waals surface area contributed by atoms with E-state index >= 15 is 0 Å². The summed E-state index contributed by atoms with van der Waals surface area (Å²) in [5, 5.41) is 10.3. The van der Waals surface area contributed by atoms with Crippen LogP contribution in [0.15, 0.2) is 24.3 Å². The molecule has 20 heavy (non-hydrogen) atoms. The molecular weight excluding hydrogens is 250 g/mol. The van der Waals surface area contributed by atoms with Gasteiger partial charge in [0, 0.05) is 18.8 Å². The molecule has 4 heteroatoms. The van der Waals surface area contributed by atoms with Crippen molar-refractivity contribution >= 4 is 5.69 Å². The van der Waals surface area contributed by atoms with Crippen molar-refractivity contribution in [2.45, 2.75) is 18.9 Å². The van der Waals surface area contributed by atoms with Gasteiger partial charge in [-0.05, 0) is 63.6 Å². The lowest BCUT2D eigenvalue weighted by atomic mass is 9.96. The van der Waals surface area contributed by atoms with Gasteiger partial charge in [-0.3, -0.25) is 0 Å². The second-order valence-electron chi connectivity index (χ2n) is 6.19. The van der Waals surface area contributed by atoms with E-state index in [9.17, 15) is 5.11 Å². The summed E-state index contributed by atoms with van der Waals surface area (Å²) in [6.45, 7) is 4.04. The molecule has 1 aliphatic rings. The van der Waals surface area contributed by atoms with Crippen molar-refractivity contribution in [1.82, 2.24) is 9.80 Å². The van der Waals surface area contributed by atoms with Gasteiger partial charge in [-0.1, -0.05) is 12.1 Å². The third-order valence-electron chi connectivity index (χ3n) is 4.06. The van der Waals surface area contributed by atoms with Crippen LogP contribution in [0.4, 0.5) is 5.69 Å². The van der Waals surface area contributed by atoms with Crippen molar-refractivity contribution in [2.24, 2.45) is 5.92 Å². The lowest BCUT2D eigenvalue weighted by molar-refractivity contribution is 0.0847. The van der Waals surface area contributed by atoms with Gasteiger partial charge in [0.1, 0.15) is 0 Å². The van der Waals surface area contributed by atoms with Gasteiger partial charge >= 0.3 is 0 Å². The number of aliphatic hydroxyl groups excluding tert-OH is 1. The molecule has 4 nitrogen and oxygen atoms in total. The van der Waals surface area contributed by atoms with Gasteiger partial charge in [-0.25, -0.2) is 0 Å². The first kappa shape index (κ1) is 15.3. The van der Waals surface area contributed by atoms with Crippen LogP contribution in [-0.4, -0.2) is 55.2 Å². The van der Waals surface area contributed by atoms with E-state index < -0.39 is 6.10 Å². The zero-order valence-corrected chi connectivity index (χ0v) is 12.6. The Labute approximate surface area is 122 Å². The molecule has 1 atom stereocenters. The van der Waals surface area contributed by atoms with Crippen molar-refractivity contribution in [1.29, 1.82) is 0 Å². The standard InChI is InChI=1S/C16H27N3O/c1-18(2)11-13-6-8-19(9-7-13)12-16(20)14-4-3-5-15(17)10-14/h3-5,10,13,16,20H,6-9,11-12,17H2,1-2H3. The predicted octanol–water partition coefficient (Wildman–Crippen LogP) is 1.58. The molecule has 0 bridgehead atoms. The van der Waals surface area contributed by atoms with Crippen LogP contribution in [0.1, 0.15) is 24.5 Å². The number of β-amino-alcohol motifs (C(OH)–C–C–N with tert-alkyl or cyclic N) is 1. The molecule has 3 N–H and O–H groups in total. The smallest absolute Gasteiger partial charge is 0.0917 e. The highest BCUT2D eigenvalue weighted by atomic mass is 16.3. The molecule has 0 aliphatic carbocycles. The number of rotatable bonds is 5. The molecule has 2 rings (SSSR count). The second kappa shape index (κ2) is 7.07. The average molecular weight is 277 g/mol. The highest BCUT2D eigenvalue weighted by Gasteiger charge is 2.21. The molecule has 1 heterocycles. The maximum Gasteiger partial charge on any atom is 0.0917 e. The molecule has 1 saturated heterocycles. The van der Waals surface area contributed by atoms with E-state index in [1.54, 1.807) is 0 Å². The Morgan fingerprint density at radius 3 is 2.65 bits per heavy atom. The van der Waals surface area contributed by atoms with Crippen molar-refractivity contribution in [3.05, 3.63) is 29.8 Å². The Morgan fingerprint density at radius 1 is 1.35 bits per heavy atom. The average Bonchev–Trinajstić information content (AvgIpc) is 2.40. The SMILES string of the molecule is CN(C)CC1CCN(CC(O)c2cccc(N)c2)CC1. The van der Waals surface area contributed by atoms with E-state index in [2.05, 4.69) is 23.9 Å². The maximum atomic E-state index is 10.3. The largest absolute Gasteiger partial charge is 0.399 e. The number of hydrogen-bond donors (Lipinski definition) is 2. The number of piperidine rings is 1. The summed E-state index contributed by atoms with van der Waals surface area (Å²) in [5.41, 5.74) is 7.40. The Morgan fingerprint density at radius 2 is 2.05 bits per heavy atom. The van der Waals surface area contributed by atoms with Crippen LogP contribution in [-0.2, 0) is 0 Å². The Balaban J connectivity index is 1.80. The van der Waals surface area contributed by atoms with Gasteiger partial charge in [0.15, 0.2) is 0 Å². The number of benzene rings is 1. The van der Waals surface area contributed by atoms with E-state index in [4.69, 9.17) is 5.73 Å². The van der Waals surface area contributed by atoms with Crippen LogP contribution in [0.2, 0.25) is 0 Å². The number of aliphatic hydroxyl groups is 1. The minimum atomic E-state index is -0.441. The summed E-state index contributed by atoms with van der Waals surface area (Å²) in [5.74, 6) is 0.797. The second-order valence-corrected chi connectivity index (χ2v) is 6.19. The minimum Gasteiger partial charge on any atom is -0.399 e. The van der Waals surface area contributed by atoms with E-state index in [-0.39, 0.29) is 0 Å². The Bertz CT molecular complexity index is 414. The number of nitrogens with two attached hydrogens (primary N) is 1. The fourth-order valence-electron chi connectivity index (χ4n) is 2.98. The Hall–Kier alpha value is -1.10. The van der Waals surface area contributed by atoms with E-state index in [0.717, 1.165) is 24.6 Å². The highest BCUT2D eigenvalue weighted by Crippen LogP contribution is 2.22. The van der Waals surface area contributed by atoms with Crippen LogP contribution in [0.5, 0.6) is 0 Å². The van der Waals surface area contributed by atoms with Crippen LogP contribution >= 0.6 is 0 Å². The van der Waals surface area contributed by atoms with Gasteiger partial charge in [0.05, 0.1) is 6.10 Å². The van der Waals surface area contributed by atoms with Gasteiger partial charge in [-0.2, -0.15) is 0 Å². The minimum absolute atomic E-state index is 0.441. The quantitative estimate of drug-likeness (QED) is 0.802. The third-order valence-corrected chi connectivity index (χ3v) is 4.06. The summed E-state index contributed by atoms with van der Waals surface area (Å²) < 4.78 is 0. The summed E-state index contributed by atoms with van der Waals surface area (Å²) in [7, 11) is 4.27. The fraction of sp³-hybridized carbons (Fsp3) is 0.625. The molecule has 1 unspecified atom stereocenters. The first-order valence-electron chi connectivity index (χ1n) is 7.45. The molecule has 1 aromatic carbocycles. The van der Waals surface area contributed by atoms with Crippen LogP contribution in [0, 0.1) is 5.92 Å². The van der Waals surface area contributed by atoms with Crippen molar-refractivity contribution in [3.8, 4) is 0 Å². The molecule has 0 spiro atoms. The first-order chi connectivity index (χ1) is 9.54. The summed E-state index contributed by atoms with van der Waals surface area (Å²) in [6.07, 6.45) is 2.01. The third kappa shape index (κ3) is 4.47. The van der Waals surface area contributed by atoms with Crippen molar-refractivity contribution in [2.75, 3.05) is 46.0 Å². The lowest BCUT2D eigenvalue weighted by Gasteiger charge is -2.34. The van der Waals surface area contributed by atoms with Gasteiger partial charge in [0.2, 0.25) is 0 Å². The molecule has 1 fully saturated rings. The van der Waals surface area contributed by atoms with Crippen LogP contribution < -0.4 is 5.73 Å². The van der Waals surface area contributed by atoms with Crippen LogP contribution in [0.25, 0.3) is 0 Å². The zero-order chi connectivity index (χ0) is 14.5. The fourth-order valence-corrected chi connectivity index (χ4v) is 2.98. The monoisotopic (exact) mass is 277 g/mol. The zero-order valence-electron chi connectivity index (χ0n) is 12.6. The molecule has 112 valence electrons. The molecule has 0 radical (unpaired) electrons. The number of hydrogen-bond acceptors (Lipinski definition) is 4. The van der Waals surface area contributed by atoms with E-state index in [1.165, 1.54) is 19.4 Å². The Kier molecular flexibility index (Phi) is 5.40. The molecule has 0 aromatic heterocycles. The molecule has 0 amide bonds. The molecule has 1 aliphatic heterocycles. The van der Waals surface area contributed by atoms with Gasteiger partial charge in [0.25, 0.3) is 0 Å². The number of likely N-dealkylation sites (tertiary alicyclic amines) is 1. The topological polar surface area (TPSA) is 52.7 Å². The normalized spacial score (nSPS) is 19.4. The van der Waals surface area contributed by atoms with Crippen molar-refractivity contribution in [3.63, 3.8) is 0 Å². The number of anilines is 1. The number of nitrogen functional groups attached to an aromatic ring is 1. The highest BCUT2D eigenvalue weighted by molar-refractivity contribution is 5.41. The first-order valence-corrected chi connectivity index (χ1v) is 7.45. The summed E-state index contributed by atoms with van der Waals surface area (Å²) >= 11 is 0. The van der Waals surface area contributed by atoms with E-state index in [1.807, 2.05) is 24.3 Å². The van der Waals surface area contributed by atoms with Crippen LogP contribution in [0.3, 0.4) is 0 Å². The van der Waals surface area contributed by atoms with Gasteiger partial charge < -0.3 is 20.6 Å². The predicted molar refractivity (Wildman–Crippen MR) is 83.5 cm³/mol. The van der Waals surface area contributed by atoms with Gasteiger partial charge in [-0.15, -0.1) is 0 Å². The van der Waals surface area contributed by atoms with Crippen molar-refractivity contribution < 1.29 is 5.11 Å². The molecule has 1 aromatic rings. The lowest BCUT2D eigenvalue weighted by Crippen LogP contribution is -2.39. The maximum absolute atomic E-state index is 10.3. The summed E-state index contributed by atoms with van der Waals surface area (Å²) in [6, 6.07) is 7.56. The molecule has 0 saturated carbocycles. The summed E-state index contributed by atoms with van der Waals surface area (Å²) in [4.78, 5) is 4.63. The molecular formula is C16H27N3O. The number of nitrogens with zero attached hydrogens (tertiary/aromatic N) is 2.